The summed E-state index contributed by atoms with van der Waals surface area (Å²) in [6.07, 6.45) is 0. The Balaban J connectivity index is 0.00000161. The number of halogens is 2. The quantitative estimate of drug-likeness (QED) is 0.938. The van der Waals surface area contributed by atoms with Gasteiger partial charge in [0.2, 0.25) is 0 Å². The maximum Gasteiger partial charge on any atom is 0.123 e. The van der Waals surface area contributed by atoms with Gasteiger partial charge in [-0.3, -0.25) is 4.90 Å². The van der Waals surface area contributed by atoms with Crippen molar-refractivity contribution in [1.29, 1.82) is 0 Å². The predicted molar refractivity (Wildman–Crippen MR) is 86.5 cm³/mol. The Bertz CT molecular complexity index is 590. The standard InChI is InChI=1S/C15H18FN3S.ClH/c1-11-15(20-10-18-11)9-19-6-5-17-8-14(19)12-3-2-4-13(16)7-12;/h2-4,7,10,14,17H,5-6,8-9H2,1H3;1H. The lowest BCUT2D eigenvalue weighted by molar-refractivity contribution is 0.154. The minimum absolute atomic E-state index is 0. The number of aryl methyl sites for hydroxylation is 1. The fourth-order valence-corrected chi connectivity index (χ4v) is 3.44. The molecule has 1 aliphatic rings. The van der Waals surface area contributed by atoms with Crippen LogP contribution in [-0.4, -0.2) is 29.5 Å². The second-order valence-corrected chi connectivity index (χ2v) is 6.05. The van der Waals surface area contributed by atoms with Crippen molar-refractivity contribution in [1.82, 2.24) is 15.2 Å². The van der Waals surface area contributed by atoms with Gasteiger partial charge in [-0.1, -0.05) is 12.1 Å². The van der Waals surface area contributed by atoms with E-state index in [9.17, 15) is 4.39 Å². The molecule has 1 aliphatic heterocycles. The fraction of sp³-hybridized carbons (Fsp3) is 0.400. The second-order valence-electron chi connectivity index (χ2n) is 5.11. The van der Waals surface area contributed by atoms with Gasteiger partial charge in [-0.05, 0) is 24.6 Å². The van der Waals surface area contributed by atoms with Gasteiger partial charge in [-0.25, -0.2) is 9.37 Å². The van der Waals surface area contributed by atoms with Gasteiger partial charge < -0.3 is 5.32 Å². The second kappa shape index (κ2) is 7.31. The molecule has 0 bridgehead atoms. The molecule has 3 rings (SSSR count). The summed E-state index contributed by atoms with van der Waals surface area (Å²) in [5, 5.41) is 3.40. The number of nitrogens with zero attached hydrogens (tertiary/aromatic N) is 2. The van der Waals surface area contributed by atoms with E-state index in [0.29, 0.717) is 0 Å². The molecule has 3 nitrogen and oxygen atoms in total. The number of aromatic nitrogens is 1. The van der Waals surface area contributed by atoms with E-state index in [0.717, 1.165) is 37.4 Å². The summed E-state index contributed by atoms with van der Waals surface area (Å²) >= 11 is 1.70. The monoisotopic (exact) mass is 327 g/mol. The van der Waals surface area contributed by atoms with Crippen molar-refractivity contribution in [3.63, 3.8) is 0 Å². The van der Waals surface area contributed by atoms with Crippen molar-refractivity contribution < 1.29 is 4.39 Å². The number of hydrogen-bond acceptors (Lipinski definition) is 4. The van der Waals surface area contributed by atoms with Crippen LogP contribution in [0, 0.1) is 12.7 Å². The Morgan fingerprint density at radius 1 is 1.48 bits per heavy atom. The van der Waals surface area contributed by atoms with E-state index in [4.69, 9.17) is 0 Å². The third-order valence-corrected chi connectivity index (χ3v) is 4.70. The van der Waals surface area contributed by atoms with Crippen molar-refractivity contribution >= 4 is 23.7 Å². The van der Waals surface area contributed by atoms with Crippen LogP contribution < -0.4 is 5.32 Å². The number of nitrogens with one attached hydrogen (secondary N) is 1. The van der Waals surface area contributed by atoms with E-state index in [2.05, 4.69) is 15.2 Å². The molecule has 1 fully saturated rings. The molecule has 1 aromatic heterocycles. The summed E-state index contributed by atoms with van der Waals surface area (Å²) in [4.78, 5) is 8.02. The summed E-state index contributed by atoms with van der Waals surface area (Å²) in [7, 11) is 0. The van der Waals surface area contributed by atoms with Crippen LogP contribution in [0.3, 0.4) is 0 Å². The first-order chi connectivity index (χ1) is 9.74. The highest BCUT2D eigenvalue weighted by atomic mass is 35.5. The highest BCUT2D eigenvalue weighted by molar-refractivity contribution is 7.09. The van der Waals surface area contributed by atoms with Gasteiger partial charge in [-0.15, -0.1) is 23.7 Å². The van der Waals surface area contributed by atoms with Crippen molar-refractivity contribution in [2.75, 3.05) is 19.6 Å². The summed E-state index contributed by atoms with van der Waals surface area (Å²) in [6, 6.07) is 7.16. The molecule has 0 saturated carbocycles. The minimum atomic E-state index is -0.165. The average molecular weight is 328 g/mol. The maximum atomic E-state index is 13.4. The number of rotatable bonds is 3. The van der Waals surface area contributed by atoms with Gasteiger partial charge in [0, 0.05) is 37.1 Å². The third-order valence-electron chi connectivity index (χ3n) is 3.78. The molecule has 0 spiro atoms. The molecule has 1 saturated heterocycles. The first-order valence-electron chi connectivity index (χ1n) is 6.83. The highest BCUT2D eigenvalue weighted by Gasteiger charge is 2.24. The molecule has 114 valence electrons. The molecule has 0 amide bonds. The number of benzene rings is 1. The van der Waals surface area contributed by atoms with Crippen LogP contribution in [0.1, 0.15) is 22.2 Å². The zero-order chi connectivity index (χ0) is 13.9. The Hall–Kier alpha value is -1.01. The summed E-state index contributed by atoms with van der Waals surface area (Å²) in [5.41, 5.74) is 4.04. The van der Waals surface area contributed by atoms with Crippen LogP contribution >= 0.6 is 23.7 Å². The van der Waals surface area contributed by atoms with Gasteiger partial charge in [0.25, 0.3) is 0 Å². The van der Waals surface area contributed by atoms with Crippen LogP contribution in [-0.2, 0) is 6.54 Å². The number of thiazole rings is 1. The third kappa shape index (κ3) is 3.80. The van der Waals surface area contributed by atoms with Gasteiger partial charge in [-0.2, -0.15) is 0 Å². The fourth-order valence-electron chi connectivity index (χ4n) is 2.64. The lowest BCUT2D eigenvalue weighted by atomic mass is 10.0. The molecule has 6 heteroatoms. The first kappa shape index (κ1) is 16.4. The zero-order valence-electron chi connectivity index (χ0n) is 11.9. The zero-order valence-corrected chi connectivity index (χ0v) is 13.5. The normalized spacial score (nSPS) is 19.2. The Morgan fingerprint density at radius 3 is 3.05 bits per heavy atom. The van der Waals surface area contributed by atoms with E-state index in [1.54, 1.807) is 23.5 Å². The maximum absolute atomic E-state index is 13.4. The molecular formula is C15H19ClFN3S. The van der Waals surface area contributed by atoms with Gasteiger partial charge in [0.05, 0.1) is 11.2 Å². The van der Waals surface area contributed by atoms with Crippen molar-refractivity contribution in [2.45, 2.75) is 19.5 Å². The van der Waals surface area contributed by atoms with Crippen LogP contribution in [0.4, 0.5) is 4.39 Å². The smallest absolute Gasteiger partial charge is 0.123 e. The minimum Gasteiger partial charge on any atom is -0.314 e. The van der Waals surface area contributed by atoms with Gasteiger partial charge in [0.15, 0.2) is 0 Å². The molecule has 21 heavy (non-hydrogen) atoms. The SMILES string of the molecule is Cc1ncsc1CN1CCNCC1c1cccc(F)c1.Cl. The van der Waals surface area contributed by atoms with E-state index in [1.165, 1.54) is 10.9 Å². The highest BCUT2D eigenvalue weighted by Crippen LogP contribution is 2.26. The lowest BCUT2D eigenvalue weighted by Gasteiger charge is -2.36. The number of piperazine rings is 1. The first-order valence-corrected chi connectivity index (χ1v) is 7.71. The summed E-state index contributed by atoms with van der Waals surface area (Å²) in [5.74, 6) is -0.165. The largest absolute Gasteiger partial charge is 0.314 e. The van der Waals surface area contributed by atoms with E-state index in [1.807, 2.05) is 18.5 Å². The molecule has 0 aliphatic carbocycles. The number of hydrogen-bond donors (Lipinski definition) is 1. The van der Waals surface area contributed by atoms with Gasteiger partial charge >= 0.3 is 0 Å². The predicted octanol–water partition coefficient (Wildman–Crippen LogP) is 3.16. The Labute approximate surface area is 134 Å². The molecular weight excluding hydrogens is 309 g/mol. The van der Waals surface area contributed by atoms with Crippen molar-refractivity contribution in [3.8, 4) is 0 Å². The van der Waals surface area contributed by atoms with E-state index >= 15 is 0 Å². The lowest BCUT2D eigenvalue weighted by Crippen LogP contribution is -2.45. The summed E-state index contributed by atoms with van der Waals surface area (Å²) in [6.45, 7) is 5.74. The van der Waals surface area contributed by atoms with E-state index < -0.39 is 0 Å². The Morgan fingerprint density at radius 2 is 2.33 bits per heavy atom. The van der Waals surface area contributed by atoms with Crippen molar-refractivity contribution in [2.24, 2.45) is 0 Å². The molecule has 1 N–H and O–H groups in total. The molecule has 1 atom stereocenters. The van der Waals surface area contributed by atoms with E-state index in [-0.39, 0.29) is 24.3 Å². The molecule has 1 aromatic carbocycles. The average Bonchev–Trinajstić information content (AvgIpc) is 2.85. The van der Waals surface area contributed by atoms with Crippen LogP contribution in [0.25, 0.3) is 0 Å². The van der Waals surface area contributed by atoms with Crippen LogP contribution in [0.2, 0.25) is 0 Å². The van der Waals surface area contributed by atoms with Gasteiger partial charge in [0.1, 0.15) is 5.82 Å². The molecule has 0 radical (unpaired) electrons. The van der Waals surface area contributed by atoms with Crippen molar-refractivity contribution in [3.05, 3.63) is 51.7 Å². The van der Waals surface area contributed by atoms with Crippen LogP contribution in [0.15, 0.2) is 29.8 Å². The van der Waals surface area contributed by atoms with Crippen LogP contribution in [0.5, 0.6) is 0 Å². The Kier molecular flexibility index (Phi) is 5.70. The summed E-state index contributed by atoms with van der Waals surface area (Å²) < 4.78 is 13.4. The topological polar surface area (TPSA) is 28.2 Å². The molecule has 2 heterocycles. The molecule has 2 aromatic rings. The molecule has 1 unspecified atom stereocenters.